The molecule has 0 saturated heterocycles. The monoisotopic (exact) mass is 357 g/mol. The van der Waals surface area contributed by atoms with Gasteiger partial charge in [0.1, 0.15) is 0 Å². The minimum absolute atomic E-state index is 0.769. The van der Waals surface area contributed by atoms with Crippen LogP contribution in [0.3, 0.4) is 0 Å². The van der Waals surface area contributed by atoms with E-state index in [1.54, 1.807) is 0 Å². The van der Waals surface area contributed by atoms with Crippen LogP contribution in [0, 0.1) is 0 Å². The number of hydrogen-bond acceptors (Lipinski definition) is 1. The summed E-state index contributed by atoms with van der Waals surface area (Å²) in [6.45, 7) is 0. The van der Waals surface area contributed by atoms with Gasteiger partial charge in [0.15, 0.2) is 0 Å². The SMILES string of the molecule is Clc1cccc(-c2nc3ccc4ccccc4c3c3c2CCCCC3)c1. The molecule has 0 radical (unpaired) electrons. The van der Waals surface area contributed by atoms with Crippen molar-refractivity contribution in [3.63, 3.8) is 0 Å². The van der Waals surface area contributed by atoms with Gasteiger partial charge in [-0.15, -0.1) is 0 Å². The Morgan fingerprint density at radius 1 is 0.769 bits per heavy atom. The molecule has 0 amide bonds. The first-order valence-electron chi connectivity index (χ1n) is 9.40. The summed E-state index contributed by atoms with van der Waals surface area (Å²) in [5, 5.41) is 4.74. The third kappa shape index (κ3) is 2.59. The highest BCUT2D eigenvalue weighted by Crippen LogP contribution is 2.37. The summed E-state index contributed by atoms with van der Waals surface area (Å²) in [6.07, 6.45) is 6.01. The van der Waals surface area contributed by atoms with Gasteiger partial charge in [-0.05, 0) is 65.8 Å². The average Bonchev–Trinajstić information content (AvgIpc) is 2.93. The molecule has 0 N–H and O–H groups in total. The van der Waals surface area contributed by atoms with E-state index >= 15 is 0 Å². The highest BCUT2D eigenvalue weighted by Gasteiger charge is 2.19. The molecule has 0 bridgehead atoms. The van der Waals surface area contributed by atoms with E-state index in [1.165, 1.54) is 46.5 Å². The molecule has 1 nitrogen and oxygen atoms in total. The van der Waals surface area contributed by atoms with Crippen molar-refractivity contribution in [3.05, 3.63) is 76.8 Å². The molecule has 0 spiro atoms. The minimum Gasteiger partial charge on any atom is -0.247 e. The van der Waals surface area contributed by atoms with Crippen LogP contribution in [0.15, 0.2) is 60.7 Å². The topological polar surface area (TPSA) is 12.9 Å². The first-order valence-corrected chi connectivity index (χ1v) is 9.78. The Labute approximate surface area is 158 Å². The van der Waals surface area contributed by atoms with Gasteiger partial charge in [-0.1, -0.05) is 60.5 Å². The van der Waals surface area contributed by atoms with Crippen LogP contribution >= 0.6 is 11.6 Å². The van der Waals surface area contributed by atoms with Gasteiger partial charge in [-0.2, -0.15) is 0 Å². The highest BCUT2D eigenvalue weighted by molar-refractivity contribution is 6.30. The average molecular weight is 358 g/mol. The Morgan fingerprint density at radius 3 is 2.50 bits per heavy atom. The van der Waals surface area contributed by atoms with E-state index in [1.807, 2.05) is 18.2 Å². The maximum absolute atomic E-state index is 6.28. The van der Waals surface area contributed by atoms with E-state index in [2.05, 4.69) is 42.5 Å². The fourth-order valence-electron chi connectivity index (χ4n) is 4.35. The van der Waals surface area contributed by atoms with Crippen LogP contribution in [0.1, 0.15) is 30.4 Å². The zero-order valence-corrected chi connectivity index (χ0v) is 15.4. The van der Waals surface area contributed by atoms with Crippen LogP contribution < -0.4 is 0 Å². The molecule has 1 aliphatic rings. The molecule has 4 aromatic rings. The zero-order valence-electron chi connectivity index (χ0n) is 14.6. The molecule has 0 saturated carbocycles. The Balaban J connectivity index is 1.90. The quantitative estimate of drug-likeness (QED) is 0.264. The number of nitrogens with zero attached hydrogens (tertiary/aromatic N) is 1. The van der Waals surface area contributed by atoms with E-state index in [0.717, 1.165) is 34.6 Å². The molecule has 1 aromatic heterocycles. The van der Waals surface area contributed by atoms with E-state index in [9.17, 15) is 0 Å². The predicted molar refractivity (Wildman–Crippen MR) is 111 cm³/mol. The molecule has 128 valence electrons. The van der Waals surface area contributed by atoms with Gasteiger partial charge in [-0.3, -0.25) is 0 Å². The number of aryl methyl sites for hydroxylation is 1. The lowest BCUT2D eigenvalue weighted by Crippen LogP contribution is -2.01. The summed E-state index contributed by atoms with van der Waals surface area (Å²) in [5.41, 5.74) is 6.27. The molecule has 0 atom stereocenters. The summed E-state index contributed by atoms with van der Waals surface area (Å²) >= 11 is 6.28. The van der Waals surface area contributed by atoms with Gasteiger partial charge in [-0.25, -0.2) is 4.98 Å². The van der Waals surface area contributed by atoms with Crippen molar-refractivity contribution < 1.29 is 0 Å². The Hall–Kier alpha value is -2.38. The summed E-state index contributed by atoms with van der Waals surface area (Å²) in [6, 6.07) is 21.2. The second-order valence-electron chi connectivity index (χ2n) is 7.17. The van der Waals surface area contributed by atoms with Crippen molar-refractivity contribution in [2.24, 2.45) is 0 Å². The van der Waals surface area contributed by atoms with Crippen molar-refractivity contribution in [2.45, 2.75) is 32.1 Å². The van der Waals surface area contributed by atoms with Crippen LogP contribution in [0.2, 0.25) is 5.02 Å². The summed E-state index contributed by atoms with van der Waals surface area (Å²) in [5.74, 6) is 0. The second-order valence-corrected chi connectivity index (χ2v) is 7.61. The fourth-order valence-corrected chi connectivity index (χ4v) is 4.54. The summed E-state index contributed by atoms with van der Waals surface area (Å²) in [7, 11) is 0. The van der Waals surface area contributed by atoms with Gasteiger partial charge in [0.2, 0.25) is 0 Å². The van der Waals surface area contributed by atoms with Crippen LogP contribution in [-0.2, 0) is 12.8 Å². The van der Waals surface area contributed by atoms with Crippen molar-refractivity contribution in [3.8, 4) is 11.3 Å². The molecule has 0 fully saturated rings. The molecule has 26 heavy (non-hydrogen) atoms. The van der Waals surface area contributed by atoms with E-state index in [-0.39, 0.29) is 0 Å². The van der Waals surface area contributed by atoms with Crippen molar-refractivity contribution in [1.82, 2.24) is 4.98 Å². The molecule has 3 aromatic carbocycles. The maximum atomic E-state index is 6.28. The van der Waals surface area contributed by atoms with Crippen LogP contribution in [0.4, 0.5) is 0 Å². The third-order valence-electron chi connectivity index (χ3n) is 5.54. The summed E-state index contributed by atoms with van der Waals surface area (Å²) in [4.78, 5) is 5.13. The van der Waals surface area contributed by atoms with E-state index in [4.69, 9.17) is 16.6 Å². The van der Waals surface area contributed by atoms with Gasteiger partial charge in [0.05, 0.1) is 11.2 Å². The molecule has 0 unspecified atom stereocenters. The highest BCUT2D eigenvalue weighted by atomic mass is 35.5. The lowest BCUT2D eigenvalue weighted by atomic mass is 9.91. The number of aromatic nitrogens is 1. The summed E-state index contributed by atoms with van der Waals surface area (Å²) < 4.78 is 0. The van der Waals surface area contributed by atoms with E-state index in [0.29, 0.717) is 0 Å². The smallest absolute Gasteiger partial charge is 0.0744 e. The molecule has 2 heteroatoms. The van der Waals surface area contributed by atoms with Crippen LogP contribution in [0.5, 0.6) is 0 Å². The predicted octanol–water partition coefficient (Wildman–Crippen LogP) is 6.98. The molecule has 0 aliphatic heterocycles. The Morgan fingerprint density at radius 2 is 1.62 bits per heavy atom. The number of fused-ring (bicyclic) bond motifs is 5. The van der Waals surface area contributed by atoms with Gasteiger partial charge < -0.3 is 0 Å². The van der Waals surface area contributed by atoms with Crippen molar-refractivity contribution >= 4 is 33.3 Å². The lowest BCUT2D eigenvalue weighted by Gasteiger charge is -2.17. The van der Waals surface area contributed by atoms with Gasteiger partial charge in [0, 0.05) is 16.0 Å². The number of hydrogen-bond donors (Lipinski definition) is 0. The third-order valence-corrected chi connectivity index (χ3v) is 5.78. The number of benzene rings is 3. The normalized spacial score (nSPS) is 14.3. The van der Waals surface area contributed by atoms with Crippen LogP contribution in [-0.4, -0.2) is 4.98 Å². The lowest BCUT2D eigenvalue weighted by molar-refractivity contribution is 0.712. The molecule has 5 rings (SSSR count). The Bertz CT molecular complexity index is 1130. The molecule has 1 heterocycles. The van der Waals surface area contributed by atoms with Crippen molar-refractivity contribution in [1.29, 1.82) is 0 Å². The van der Waals surface area contributed by atoms with Gasteiger partial charge in [0.25, 0.3) is 0 Å². The maximum Gasteiger partial charge on any atom is 0.0744 e. The largest absolute Gasteiger partial charge is 0.247 e. The van der Waals surface area contributed by atoms with Crippen molar-refractivity contribution in [2.75, 3.05) is 0 Å². The second kappa shape index (κ2) is 6.41. The standard InChI is InChI=1S/C24H20ClN/c25-18-9-6-8-17(15-18)24-21-12-3-1-2-11-20(21)23-19-10-5-4-7-16(19)13-14-22(23)26-24/h4-10,13-15H,1-3,11-12H2. The number of rotatable bonds is 1. The van der Waals surface area contributed by atoms with Gasteiger partial charge >= 0.3 is 0 Å². The number of pyridine rings is 1. The fraction of sp³-hybridized carbons (Fsp3) is 0.208. The minimum atomic E-state index is 0.769. The molecular formula is C24H20ClN. The van der Waals surface area contributed by atoms with Crippen LogP contribution in [0.25, 0.3) is 32.9 Å². The van der Waals surface area contributed by atoms with E-state index < -0.39 is 0 Å². The first kappa shape index (κ1) is 15.8. The zero-order chi connectivity index (χ0) is 17.5. The first-order chi connectivity index (χ1) is 12.8. The number of halogens is 1. The Kier molecular flexibility index (Phi) is 3.90. The molecular weight excluding hydrogens is 338 g/mol. The molecule has 1 aliphatic carbocycles.